The van der Waals surface area contributed by atoms with Crippen molar-refractivity contribution >= 4 is 17.5 Å². The second-order valence-corrected chi connectivity index (χ2v) is 5.90. The number of nitrogens with one attached hydrogen (secondary N) is 2. The summed E-state index contributed by atoms with van der Waals surface area (Å²) in [6.45, 7) is 4.30. The highest BCUT2D eigenvalue weighted by Gasteiger charge is 2.11. The lowest BCUT2D eigenvalue weighted by molar-refractivity contribution is 0.0945. The predicted octanol–water partition coefficient (Wildman–Crippen LogP) is 3.42. The maximum atomic E-state index is 12.4. The Morgan fingerprint density at radius 3 is 2.58 bits per heavy atom. The van der Waals surface area contributed by atoms with E-state index in [-0.39, 0.29) is 5.91 Å². The van der Waals surface area contributed by atoms with Gasteiger partial charge in [-0.2, -0.15) is 0 Å². The highest BCUT2D eigenvalue weighted by molar-refractivity contribution is 5.92. The normalized spacial score (nSPS) is 10.4. The molecule has 0 bridgehead atoms. The first-order chi connectivity index (χ1) is 12.6. The van der Waals surface area contributed by atoms with Crippen molar-refractivity contribution in [3.63, 3.8) is 0 Å². The molecular formula is C20H21N5O. The third-order valence-electron chi connectivity index (χ3n) is 3.86. The van der Waals surface area contributed by atoms with E-state index in [1.165, 1.54) is 5.56 Å². The standard InChI is InChI=1S/C20H21N5O/c1-3-15-7-9-16(10-8-15)24-20-23-14(2)12-18(25-20)19(26)22-13-17-6-4-5-11-21-17/h4-12H,3,13H2,1-2H3,(H,22,26)(H,23,24,25). The number of pyridine rings is 1. The number of carbonyl (C=O) groups excluding carboxylic acids is 1. The van der Waals surface area contributed by atoms with Crippen molar-refractivity contribution in [3.8, 4) is 0 Å². The Bertz CT molecular complexity index is 878. The maximum Gasteiger partial charge on any atom is 0.270 e. The molecule has 0 saturated heterocycles. The van der Waals surface area contributed by atoms with Crippen LogP contribution in [0.25, 0.3) is 0 Å². The van der Waals surface area contributed by atoms with Crippen molar-refractivity contribution in [2.45, 2.75) is 26.8 Å². The lowest BCUT2D eigenvalue weighted by Crippen LogP contribution is -2.24. The van der Waals surface area contributed by atoms with Crippen LogP contribution in [0.5, 0.6) is 0 Å². The van der Waals surface area contributed by atoms with Crippen LogP contribution in [0.4, 0.5) is 11.6 Å². The fourth-order valence-electron chi connectivity index (χ4n) is 2.46. The molecule has 1 aromatic carbocycles. The van der Waals surface area contributed by atoms with Gasteiger partial charge in [-0.25, -0.2) is 9.97 Å². The largest absolute Gasteiger partial charge is 0.345 e. The Morgan fingerprint density at radius 2 is 1.88 bits per heavy atom. The lowest BCUT2D eigenvalue weighted by Gasteiger charge is -2.09. The van der Waals surface area contributed by atoms with Crippen molar-refractivity contribution in [3.05, 3.63) is 77.4 Å². The summed E-state index contributed by atoms with van der Waals surface area (Å²) in [5, 5.41) is 5.98. The van der Waals surface area contributed by atoms with Crippen LogP contribution in [0, 0.1) is 6.92 Å². The molecule has 3 rings (SSSR count). The predicted molar refractivity (Wildman–Crippen MR) is 101 cm³/mol. The molecule has 0 atom stereocenters. The number of nitrogens with zero attached hydrogens (tertiary/aromatic N) is 3. The van der Waals surface area contributed by atoms with Crippen molar-refractivity contribution in [1.82, 2.24) is 20.3 Å². The zero-order chi connectivity index (χ0) is 18.4. The van der Waals surface area contributed by atoms with E-state index in [0.717, 1.165) is 23.5 Å². The molecular weight excluding hydrogens is 326 g/mol. The average molecular weight is 347 g/mol. The molecule has 0 aliphatic heterocycles. The van der Waals surface area contributed by atoms with Gasteiger partial charge in [-0.1, -0.05) is 25.1 Å². The van der Waals surface area contributed by atoms with E-state index in [1.54, 1.807) is 12.3 Å². The Labute approximate surface area is 152 Å². The van der Waals surface area contributed by atoms with Gasteiger partial charge in [0.05, 0.1) is 12.2 Å². The first-order valence-corrected chi connectivity index (χ1v) is 8.54. The molecule has 0 radical (unpaired) electrons. The van der Waals surface area contributed by atoms with Gasteiger partial charge >= 0.3 is 0 Å². The number of aryl methyl sites for hydroxylation is 2. The molecule has 1 amide bonds. The van der Waals surface area contributed by atoms with Crippen LogP contribution in [0.15, 0.2) is 54.7 Å². The summed E-state index contributed by atoms with van der Waals surface area (Å²) in [6.07, 6.45) is 2.68. The number of carbonyl (C=O) groups is 1. The molecule has 6 heteroatoms. The molecule has 0 unspecified atom stereocenters. The molecule has 6 nitrogen and oxygen atoms in total. The van der Waals surface area contributed by atoms with Crippen molar-refractivity contribution in [1.29, 1.82) is 0 Å². The van der Waals surface area contributed by atoms with Crippen LogP contribution in [-0.4, -0.2) is 20.9 Å². The number of hydrogen-bond acceptors (Lipinski definition) is 5. The van der Waals surface area contributed by atoms with Crippen LogP contribution in [0.2, 0.25) is 0 Å². The van der Waals surface area contributed by atoms with Gasteiger partial charge in [0.1, 0.15) is 5.69 Å². The minimum absolute atomic E-state index is 0.259. The van der Waals surface area contributed by atoms with E-state index in [1.807, 2.05) is 37.3 Å². The summed E-state index contributed by atoms with van der Waals surface area (Å²) in [5.41, 5.74) is 3.97. The summed E-state index contributed by atoms with van der Waals surface area (Å²) in [4.78, 5) is 25.3. The molecule has 0 fully saturated rings. The summed E-state index contributed by atoms with van der Waals surface area (Å²) in [7, 11) is 0. The van der Waals surface area contributed by atoms with E-state index in [4.69, 9.17) is 0 Å². The highest BCUT2D eigenvalue weighted by Crippen LogP contribution is 2.15. The van der Waals surface area contributed by atoms with Gasteiger partial charge in [-0.3, -0.25) is 9.78 Å². The fourth-order valence-corrected chi connectivity index (χ4v) is 2.46. The molecule has 0 aliphatic carbocycles. The van der Waals surface area contributed by atoms with E-state index >= 15 is 0 Å². The third-order valence-corrected chi connectivity index (χ3v) is 3.86. The number of amides is 1. The van der Waals surface area contributed by atoms with Gasteiger partial charge in [0, 0.05) is 17.6 Å². The smallest absolute Gasteiger partial charge is 0.270 e. The number of hydrogen-bond donors (Lipinski definition) is 2. The van der Waals surface area contributed by atoms with E-state index in [9.17, 15) is 4.79 Å². The molecule has 0 saturated carbocycles. The Balaban J connectivity index is 1.70. The van der Waals surface area contributed by atoms with E-state index in [0.29, 0.717) is 18.2 Å². The van der Waals surface area contributed by atoms with Gasteiger partial charge in [0.15, 0.2) is 0 Å². The van der Waals surface area contributed by atoms with Crippen LogP contribution in [0.1, 0.15) is 34.4 Å². The highest BCUT2D eigenvalue weighted by atomic mass is 16.1. The number of aromatic nitrogens is 3. The zero-order valence-corrected chi connectivity index (χ0v) is 14.9. The molecule has 2 heterocycles. The average Bonchev–Trinajstić information content (AvgIpc) is 2.67. The van der Waals surface area contributed by atoms with Gasteiger partial charge in [0.2, 0.25) is 5.95 Å². The van der Waals surface area contributed by atoms with Crippen LogP contribution >= 0.6 is 0 Å². The number of benzene rings is 1. The second kappa shape index (κ2) is 8.20. The minimum atomic E-state index is -0.259. The first-order valence-electron chi connectivity index (χ1n) is 8.54. The van der Waals surface area contributed by atoms with Crippen LogP contribution in [0.3, 0.4) is 0 Å². The Kier molecular flexibility index (Phi) is 5.53. The van der Waals surface area contributed by atoms with Crippen LogP contribution in [-0.2, 0) is 13.0 Å². The molecule has 26 heavy (non-hydrogen) atoms. The van der Waals surface area contributed by atoms with Crippen molar-refractivity contribution in [2.75, 3.05) is 5.32 Å². The minimum Gasteiger partial charge on any atom is -0.345 e. The van der Waals surface area contributed by atoms with E-state index < -0.39 is 0 Å². The van der Waals surface area contributed by atoms with E-state index in [2.05, 4.69) is 44.6 Å². The lowest BCUT2D eigenvalue weighted by atomic mass is 10.1. The summed E-state index contributed by atoms with van der Waals surface area (Å²) in [5.74, 6) is 0.141. The van der Waals surface area contributed by atoms with Gasteiger partial charge in [-0.05, 0) is 49.2 Å². The molecule has 0 aliphatic rings. The Morgan fingerprint density at radius 1 is 1.08 bits per heavy atom. The number of rotatable bonds is 6. The third kappa shape index (κ3) is 4.63. The monoisotopic (exact) mass is 347 g/mol. The molecule has 3 aromatic rings. The summed E-state index contributed by atoms with van der Waals surface area (Å²) in [6, 6.07) is 15.3. The second-order valence-electron chi connectivity index (χ2n) is 5.90. The Hall–Kier alpha value is -3.28. The molecule has 0 spiro atoms. The molecule has 132 valence electrons. The maximum absolute atomic E-state index is 12.4. The summed E-state index contributed by atoms with van der Waals surface area (Å²) >= 11 is 0. The SMILES string of the molecule is CCc1ccc(Nc2nc(C)cc(C(=O)NCc3ccccn3)n2)cc1. The molecule has 2 N–H and O–H groups in total. The topological polar surface area (TPSA) is 79.8 Å². The number of anilines is 2. The van der Waals surface area contributed by atoms with Gasteiger partial charge < -0.3 is 10.6 Å². The fraction of sp³-hybridized carbons (Fsp3) is 0.200. The zero-order valence-electron chi connectivity index (χ0n) is 14.9. The first kappa shape index (κ1) is 17.5. The van der Waals surface area contributed by atoms with Gasteiger partial charge in [-0.15, -0.1) is 0 Å². The van der Waals surface area contributed by atoms with Crippen LogP contribution < -0.4 is 10.6 Å². The molecule has 2 aromatic heterocycles. The van der Waals surface area contributed by atoms with Crippen molar-refractivity contribution in [2.24, 2.45) is 0 Å². The van der Waals surface area contributed by atoms with Crippen molar-refractivity contribution < 1.29 is 4.79 Å². The quantitative estimate of drug-likeness (QED) is 0.714. The van der Waals surface area contributed by atoms with Gasteiger partial charge in [0.25, 0.3) is 5.91 Å². The summed E-state index contributed by atoms with van der Waals surface area (Å²) < 4.78 is 0.